The van der Waals surface area contributed by atoms with Gasteiger partial charge >= 0.3 is 0 Å². The normalized spacial score (nSPS) is 24.2. The van der Waals surface area contributed by atoms with Crippen LogP contribution in [-0.4, -0.2) is 26.3 Å². The van der Waals surface area contributed by atoms with Crippen molar-refractivity contribution in [1.29, 1.82) is 0 Å². The highest BCUT2D eigenvalue weighted by Crippen LogP contribution is 2.41. The predicted octanol–water partition coefficient (Wildman–Crippen LogP) is 3.27. The summed E-state index contributed by atoms with van der Waals surface area (Å²) in [5.74, 6) is -0.396. The maximum atomic E-state index is 12.8. The van der Waals surface area contributed by atoms with Gasteiger partial charge in [-0.3, -0.25) is 14.5 Å². The minimum atomic E-state index is -0.247. The second-order valence-electron chi connectivity index (χ2n) is 6.99. The summed E-state index contributed by atoms with van der Waals surface area (Å²) < 4.78 is 1.92. The number of carbonyl (C=O) groups is 2. The Kier molecular flexibility index (Phi) is 3.79. The Balaban J connectivity index is 1.58. The molecule has 5 heteroatoms. The Labute approximate surface area is 147 Å². The van der Waals surface area contributed by atoms with Crippen LogP contribution in [0.1, 0.15) is 38.3 Å². The van der Waals surface area contributed by atoms with E-state index in [9.17, 15) is 9.59 Å². The first-order valence-corrected chi connectivity index (χ1v) is 8.67. The van der Waals surface area contributed by atoms with Gasteiger partial charge in [-0.05, 0) is 44.4 Å². The van der Waals surface area contributed by atoms with Crippen molar-refractivity contribution in [2.24, 2.45) is 11.8 Å². The van der Waals surface area contributed by atoms with E-state index in [1.54, 1.807) is 12.5 Å². The van der Waals surface area contributed by atoms with Gasteiger partial charge in [0.05, 0.1) is 24.2 Å². The molecule has 0 saturated carbocycles. The maximum Gasteiger partial charge on any atom is 0.233 e. The summed E-state index contributed by atoms with van der Waals surface area (Å²) >= 11 is 0. The highest BCUT2D eigenvalue weighted by molar-refractivity contribution is 6.05. The first-order valence-electron chi connectivity index (χ1n) is 8.67. The zero-order valence-corrected chi connectivity index (χ0v) is 14.4. The molecule has 2 aromatic rings. The number of allylic oxidation sites excluding steroid dienone is 2. The van der Waals surface area contributed by atoms with Crippen molar-refractivity contribution in [2.45, 2.75) is 32.7 Å². The summed E-state index contributed by atoms with van der Waals surface area (Å²) in [5, 5.41) is 0. The van der Waals surface area contributed by atoms with E-state index in [2.05, 4.69) is 11.1 Å². The number of fused-ring (bicyclic) bond motifs is 1. The lowest BCUT2D eigenvalue weighted by atomic mass is 9.82. The van der Waals surface area contributed by atoms with Crippen molar-refractivity contribution in [3.63, 3.8) is 0 Å². The average molecular weight is 335 g/mol. The van der Waals surface area contributed by atoms with Crippen LogP contribution in [0.25, 0.3) is 5.69 Å². The van der Waals surface area contributed by atoms with Gasteiger partial charge in [-0.15, -0.1) is 0 Å². The third kappa shape index (κ3) is 2.60. The number of nitrogens with zero attached hydrogens (tertiary/aromatic N) is 3. The minimum Gasteiger partial charge on any atom is -0.306 e. The van der Waals surface area contributed by atoms with Crippen molar-refractivity contribution in [1.82, 2.24) is 14.5 Å². The molecule has 1 aromatic heterocycles. The third-order valence-electron chi connectivity index (χ3n) is 5.42. The number of hydrogen-bond donors (Lipinski definition) is 0. The van der Waals surface area contributed by atoms with Crippen LogP contribution >= 0.6 is 0 Å². The van der Waals surface area contributed by atoms with E-state index in [0.717, 1.165) is 11.3 Å². The zero-order valence-electron chi connectivity index (χ0n) is 14.4. The van der Waals surface area contributed by atoms with Crippen molar-refractivity contribution >= 4 is 11.8 Å². The predicted molar refractivity (Wildman–Crippen MR) is 93.8 cm³/mol. The molecule has 2 amide bonds. The summed E-state index contributed by atoms with van der Waals surface area (Å²) in [6.45, 7) is 3.97. The first kappa shape index (κ1) is 15.8. The molecule has 25 heavy (non-hydrogen) atoms. The summed E-state index contributed by atoms with van der Waals surface area (Å²) in [6.07, 6.45) is 8.84. The number of likely N-dealkylation sites (tertiary alicyclic amines) is 1. The monoisotopic (exact) mass is 335 g/mol. The molecule has 0 spiro atoms. The Morgan fingerprint density at radius 1 is 1.12 bits per heavy atom. The van der Waals surface area contributed by atoms with Crippen molar-refractivity contribution < 1.29 is 9.59 Å². The topological polar surface area (TPSA) is 55.2 Å². The molecule has 4 rings (SSSR count). The molecule has 0 bridgehead atoms. The molecule has 128 valence electrons. The van der Waals surface area contributed by atoms with Gasteiger partial charge in [0.2, 0.25) is 11.8 Å². The maximum absolute atomic E-state index is 12.8. The standard InChI is InChI=1S/C20H21N3O2/c1-13-3-8-17-18(11-13)20(25)23(19(17)24)14(2)15-4-6-16(7-5-15)22-10-9-21-12-22/h3-7,9-10,12,14,17-18H,8,11H2,1-2H3/t14-,17+,18+/m1/s1. The zero-order chi connectivity index (χ0) is 17.6. The van der Waals surface area contributed by atoms with Crippen LogP contribution in [0.4, 0.5) is 0 Å². The van der Waals surface area contributed by atoms with Gasteiger partial charge < -0.3 is 4.57 Å². The Hall–Kier alpha value is -2.69. The van der Waals surface area contributed by atoms with E-state index in [4.69, 9.17) is 0 Å². The van der Waals surface area contributed by atoms with Gasteiger partial charge in [0, 0.05) is 18.1 Å². The van der Waals surface area contributed by atoms with Crippen LogP contribution in [-0.2, 0) is 9.59 Å². The van der Waals surface area contributed by atoms with E-state index in [-0.39, 0.29) is 29.7 Å². The molecule has 1 fully saturated rings. The lowest BCUT2D eigenvalue weighted by Gasteiger charge is -2.24. The number of benzene rings is 1. The molecule has 1 saturated heterocycles. The average Bonchev–Trinajstić information content (AvgIpc) is 3.23. The van der Waals surface area contributed by atoms with Crippen molar-refractivity contribution in [3.8, 4) is 5.69 Å². The van der Waals surface area contributed by atoms with Gasteiger partial charge in [-0.1, -0.05) is 23.8 Å². The van der Waals surface area contributed by atoms with E-state index >= 15 is 0 Å². The number of carbonyl (C=O) groups excluding carboxylic acids is 2. The molecule has 0 radical (unpaired) electrons. The quantitative estimate of drug-likeness (QED) is 0.639. The molecule has 2 heterocycles. The van der Waals surface area contributed by atoms with Crippen molar-refractivity contribution in [3.05, 3.63) is 60.2 Å². The Morgan fingerprint density at radius 2 is 1.84 bits per heavy atom. The molecule has 1 aromatic carbocycles. The number of aromatic nitrogens is 2. The largest absolute Gasteiger partial charge is 0.306 e. The van der Waals surface area contributed by atoms with Gasteiger partial charge in [0.15, 0.2) is 0 Å². The fourth-order valence-electron chi connectivity index (χ4n) is 3.93. The number of imide groups is 1. The lowest BCUT2D eigenvalue weighted by Crippen LogP contribution is -2.33. The third-order valence-corrected chi connectivity index (χ3v) is 5.42. The van der Waals surface area contributed by atoms with E-state index in [1.165, 1.54) is 10.5 Å². The van der Waals surface area contributed by atoms with Gasteiger partial charge in [-0.25, -0.2) is 4.98 Å². The summed E-state index contributed by atoms with van der Waals surface area (Å²) in [6, 6.07) is 7.68. The van der Waals surface area contributed by atoms with Crippen LogP contribution in [0.3, 0.4) is 0 Å². The Morgan fingerprint density at radius 3 is 2.52 bits per heavy atom. The fraction of sp³-hybridized carbons (Fsp3) is 0.350. The highest BCUT2D eigenvalue weighted by Gasteiger charge is 2.49. The van der Waals surface area contributed by atoms with E-state index in [1.807, 2.05) is 48.9 Å². The van der Waals surface area contributed by atoms with E-state index < -0.39 is 0 Å². The number of imidazole rings is 1. The molecule has 2 aliphatic rings. The number of amides is 2. The van der Waals surface area contributed by atoms with Crippen LogP contribution in [0, 0.1) is 11.8 Å². The SMILES string of the molecule is CC1=CC[C@@H]2C(=O)N([C@H](C)c3ccc(-n4ccnc4)cc3)C(=O)[C@H]2C1. The smallest absolute Gasteiger partial charge is 0.233 e. The molecule has 5 nitrogen and oxygen atoms in total. The first-order chi connectivity index (χ1) is 12.1. The van der Waals surface area contributed by atoms with Crippen LogP contribution < -0.4 is 0 Å². The lowest BCUT2D eigenvalue weighted by molar-refractivity contribution is -0.142. The molecule has 0 N–H and O–H groups in total. The number of hydrogen-bond acceptors (Lipinski definition) is 3. The van der Waals surface area contributed by atoms with Gasteiger partial charge in [0.25, 0.3) is 0 Å². The molecular formula is C20H21N3O2. The van der Waals surface area contributed by atoms with Crippen LogP contribution in [0.2, 0.25) is 0 Å². The van der Waals surface area contributed by atoms with Crippen LogP contribution in [0.5, 0.6) is 0 Å². The van der Waals surface area contributed by atoms with Gasteiger partial charge in [0.1, 0.15) is 0 Å². The summed E-state index contributed by atoms with van der Waals surface area (Å²) in [7, 11) is 0. The van der Waals surface area contributed by atoms with Gasteiger partial charge in [-0.2, -0.15) is 0 Å². The molecule has 0 unspecified atom stereocenters. The second kappa shape index (κ2) is 5.99. The summed E-state index contributed by atoms with van der Waals surface area (Å²) in [4.78, 5) is 31.1. The van der Waals surface area contributed by atoms with Crippen LogP contribution in [0.15, 0.2) is 54.6 Å². The van der Waals surface area contributed by atoms with E-state index in [0.29, 0.717) is 12.8 Å². The highest BCUT2D eigenvalue weighted by atomic mass is 16.2. The molecule has 3 atom stereocenters. The Bertz CT molecular complexity index is 836. The van der Waals surface area contributed by atoms with Crippen molar-refractivity contribution in [2.75, 3.05) is 0 Å². The number of rotatable bonds is 3. The minimum absolute atomic E-state index is 0.0198. The molecular weight excluding hydrogens is 314 g/mol. The summed E-state index contributed by atoms with van der Waals surface area (Å²) in [5.41, 5.74) is 3.18. The fourth-order valence-corrected chi connectivity index (χ4v) is 3.93. The molecule has 1 aliphatic carbocycles. The second-order valence-corrected chi connectivity index (χ2v) is 6.99. The molecule has 1 aliphatic heterocycles.